The maximum Gasteiger partial charge on any atom is 0.0964 e. The first kappa shape index (κ1) is 14.5. The molecule has 19 heavy (non-hydrogen) atoms. The van der Waals surface area contributed by atoms with Crippen LogP contribution in [0.3, 0.4) is 0 Å². The van der Waals surface area contributed by atoms with E-state index in [9.17, 15) is 0 Å². The highest BCUT2D eigenvalue weighted by Crippen LogP contribution is 2.18. The second-order valence-corrected chi connectivity index (χ2v) is 5.44. The van der Waals surface area contributed by atoms with Gasteiger partial charge in [-0.15, -0.1) is 5.10 Å². The van der Waals surface area contributed by atoms with Crippen LogP contribution in [0.25, 0.3) is 0 Å². The number of rotatable bonds is 11. The van der Waals surface area contributed by atoms with Crippen molar-refractivity contribution in [3.05, 3.63) is 11.9 Å². The first-order valence-corrected chi connectivity index (χ1v) is 7.71. The number of hydrogen-bond acceptors (Lipinski definition) is 4. The molecular formula is C14H27N5. The van der Waals surface area contributed by atoms with Gasteiger partial charge in [0.15, 0.2) is 0 Å². The summed E-state index contributed by atoms with van der Waals surface area (Å²) in [5, 5.41) is 15.2. The molecule has 0 aliphatic heterocycles. The van der Waals surface area contributed by atoms with Gasteiger partial charge in [0.25, 0.3) is 0 Å². The first-order valence-electron chi connectivity index (χ1n) is 7.71. The molecule has 2 N–H and O–H groups in total. The summed E-state index contributed by atoms with van der Waals surface area (Å²) >= 11 is 0. The van der Waals surface area contributed by atoms with Crippen molar-refractivity contribution < 1.29 is 0 Å². The fraction of sp³-hybridized carbons (Fsp3) is 0.857. The third kappa shape index (κ3) is 6.16. The van der Waals surface area contributed by atoms with Crippen LogP contribution in [0, 0.1) is 0 Å². The molecule has 108 valence electrons. The van der Waals surface area contributed by atoms with Crippen LogP contribution in [0.4, 0.5) is 0 Å². The van der Waals surface area contributed by atoms with Crippen molar-refractivity contribution >= 4 is 0 Å². The van der Waals surface area contributed by atoms with E-state index in [2.05, 4.69) is 34.1 Å². The molecular weight excluding hydrogens is 238 g/mol. The highest BCUT2D eigenvalue weighted by Gasteiger charge is 2.19. The molecule has 0 spiro atoms. The predicted octanol–water partition coefficient (Wildman–Crippen LogP) is 1.70. The number of hydrogen-bond donors (Lipinski definition) is 2. The van der Waals surface area contributed by atoms with Gasteiger partial charge in [-0.1, -0.05) is 18.6 Å². The molecule has 0 saturated heterocycles. The third-order valence-electron chi connectivity index (χ3n) is 3.39. The minimum atomic E-state index is 0.832. The van der Waals surface area contributed by atoms with E-state index in [0.717, 1.165) is 37.8 Å². The molecule has 1 fully saturated rings. The van der Waals surface area contributed by atoms with Crippen LogP contribution < -0.4 is 10.6 Å². The number of nitrogens with one attached hydrogen (secondary N) is 2. The Balaban J connectivity index is 1.49. The molecule has 1 heterocycles. The number of nitrogens with zero attached hydrogens (tertiary/aromatic N) is 3. The van der Waals surface area contributed by atoms with Gasteiger partial charge in [0.05, 0.1) is 5.69 Å². The molecule has 0 bridgehead atoms. The molecule has 1 aliphatic carbocycles. The fourth-order valence-electron chi connectivity index (χ4n) is 2.09. The number of unbranched alkanes of at least 4 members (excludes halogenated alkanes) is 2. The minimum Gasteiger partial charge on any atom is -0.314 e. The van der Waals surface area contributed by atoms with E-state index in [4.69, 9.17) is 0 Å². The monoisotopic (exact) mass is 265 g/mol. The van der Waals surface area contributed by atoms with E-state index in [-0.39, 0.29) is 0 Å². The SMILES string of the molecule is CCCNCc1cn(CCCCCNC2CC2)nn1. The smallest absolute Gasteiger partial charge is 0.0964 e. The lowest BCUT2D eigenvalue weighted by Crippen LogP contribution is -2.17. The van der Waals surface area contributed by atoms with E-state index >= 15 is 0 Å². The fourth-order valence-corrected chi connectivity index (χ4v) is 2.09. The highest BCUT2D eigenvalue weighted by atomic mass is 15.4. The Kier molecular flexibility index (Phi) is 6.30. The predicted molar refractivity (Wildman–Crippen MR) is 76.9 cm³/mol. The van der Waals surface area contributed by atoms with Crippen molar-refractivity contribution in [3.8, 4) is 0 Å². The van der Waals surface area contributed by atoms with Crippen LogP contribution in [0.5, 0.6) is 0 Å². The molecule has 1 aliphatic rings. The van der Waals surface area contributed by atoms with E-state index in [1.165, 1.54) is 38.6 Å². The summed E-state index contributed by atoms with van der Waals surface area (Å²) < 4.78 is 1.97. The Morgan fingerprint density at radius 2 is 2.16 bits per heavy atom. The molecule has 0 aromatic carbocycles. The molecule has 1 saturated carbocycles. The lowest BCUT2D eigenvalue weighted by Gasteiger charge is -2.02. The van der Waals surface area contributed by atoms with Gasteiger partial charge < -0.3 is 10.6 Å². The van der Waals surface area contributed by atoms with Gasteiger partial charge in [-0.3, -0.25) is 4.68 Å². The van der Waals surface area contributed by atoms with Gasteiger partial charge >= 0.3 is 0 Å². The molecule has 1 aromatic heterocycles. The molecule has 0 unspecified atom stereocenters. The number of aryl methyl sites for hydroxylation is 1. The summed E-state index contributed by atoms with van der Waals surface area (Å²) in [5.41, 5.74) is 1.05. The van der Waals surface area contributed by atoms with E-state index in [0.29, 0.717) is 0 Å². The van der Waals surface area contributed by atoms with Crippen molar-refractivity contribution in [2.45, 2.75) is 64.6 Å². The number of aromatic nitrogens is 3. The minimum absolute atomic E-state index is 0.832. The largest absolute Gasteiger partial charge is 0.314 e. The molecule has 5 heteroatoms. The van der Waals surface area contributed by atoms with Crippen molar-refractivity contribution in [2.75, 3.05) is 13.1 Å². The summed E-state index contributed by atoms with van der Waals surface area (Å²) in [5.74, 6) is 0. The quantitative estimate of drug-likeness (QED) is 0.598. The van der Waals surface area contributed by atoms with Gasteiger partial charge in [0.1, 0.15) is 0 Å². The molecule has 0 radical (unpaired) electrons. The zero-order valence-electron chi connectivity index (χ0n) is 12.1. The van der Waals surface area contributed by atoms with Gasteiger partial charge in [0, 0.05) is 25.3 Å². The first-order chi connectivity index (χ1) is 9.38. The molecule has 0 atom stereocenters. The maximum atomic E-state index is 4.17. The van der Waals surface area contributed by atoms with E-state index in [1.807, 2.05) is 4.68 Å². The highest BCUT2D eigenvalue weighted by molar-refractivity contribution is 4.91. The van der Waals surface area contributed by atoms with Crippen LogP contribution in [0.2, 0.25) is 0 Å². The Hall–Kier alpha value is -0.940. The summed E-state index contributed by atoms with van der Waals surface area (Å²) in [6, 6.07) is 0.841. The van der Waals surface area contributed by atoms with Crippen LogP contribution in [0.1, 0.15) is 51.1 Å². The lowest BCUT2D eigenvalue weighted by atomic mass is 10.2. The third-order valence-corrected chi connectivity index (χ3v) is 3.39. The Bertz CT molecular complexity index is 345. The van der Waals surface area contributed by atoms with Gasteiger partial charge in [-0.05, 0) is 45.2 Å². The molecule has 1 aromatic rings. The van der Waals surface area contributed by atoms with Crippen LogP contribution >= 0.6 is 0 Å². The van der Waals surface area contributed by atoms with E-state index < -0.39 is 0 Å². The average Bonchev–Trinajstić information content (AvgIpc) is 3.13. The summed E-state index contributed by atoms with van der Waals surface area (Å²) in [7, 11) is 0. The van der Waals surface area contributed by atoms with Crippen molar-refractivity contribution in [1.82, 2.24) is 25.6 Å². The Labute approximate surface area is 116 Å². The average molecular weight is 265 g/mol. The summed E-state index contributed by atoms with van der Waals surface area (Å²) in [6.45, 7) is 6.21. The summed E-state index contributed by atoms with van der Waals surface area (Å²) in [4.78, 5) is 0. The zero-order valence-corrected chi connectivity index (χ0v) is 12.1. The van der Waals surface area contributed by atoms with Crippen LogP contribution in [0.15, 0.2) is 6.20 Å². The van der Waals surface area contributed by atoms with Crippen molar-refractivity contribution in [3.63, 3.8) is 0 Å². The molecule has 0 amide bonds. The van der Waals surface area contributed by atoms with Gasteiger partial charge in [-0.2, -0.15) is 0 Å². The van der Waals surface area contributed by atoms with Crippen molar-refractivity contribution in [1.29, 1.82) is 0 Å². The standard InChI is InChI=1S/C14H27N5/c1-2-8-15-11-14-12-19(18-17-14)10-5-3-4-9-16-13-6-7-13/h12-13,15-16H,2-11H2,1H3. The van der Waals surface area contributed by atoms with Gasteiger partial charge in [-0.25, -0.2) is 0 Å². The zero-order chi connectivity index (χ0) is 13.3. The second-order valence-electron chi connectivity index (χ2n) is 5.44. The lowest BCUT2D eigenvalue weighted by molar-refractivity contribution is 0.517. The topological polar surface area (TPSA) is 54.8 Å². The molecule has 2 rings (SSSR count). The normalized spacial score (nSPS) is 15.0. The molecule has 5 nitrogen and oxygen atoms in total. The maximum absolute atomic E-state index is 4.17. The van der Waals surface area contributed by atoms with Gasteiger partial charge in [0.2, 0.25) is 0 Å². The summed E-state index contributed by atoms with van der Waals surface area (Å²) in [6.07, 6.45) is 9.71. The van der Waals surface area contributed by atoms with Crippen LogP contribution in [-0.4, -0.2) is 34.1 Å². The van der Waals surface area contributed by atoms with Crippen LogP contribution in [-0.2, 0) is 13.1 Å². The Morgan fingerprint density at radius 1 is 1.26 bits per heavy atom. The van der Waals surface area contributed by atoms with Crippen molar-refractivity contribution in [2.24, 2.45) is 0 Å². The second kappa shape index (κ2) is 8.27. The Morgan fingerprint density at radius 3 is 2.95 bits per heavy atom. The van der Waals surface area contributed by atoms with E-state index in [1.54, 1.807) is 0 Å².